The molecule has 0 saturated carbocycles. The molecule has 1 aliphatic carbocycles. The van der Waals surface area contributed by atoms with Crippen LogP contribution in [0.2, 0.25) is 18.1 Å². The first-order valence-electron chi connectivity index (χ1n) is 13.8. The van der Waals surface area contributed by atoms with Gasteiger partial charge in [0.15, 0.2) is 20.4 Å². The fraction of sp³-hybridized carbons (Fsp3) is 0.828. The number of aliphatic hydroxyl groups excluding tert-OH is 1. The Morgan fingerprint density at radius 2 is 1.92 bits per heavy atom. The molecule has 2 rings (SSSR count). The minimum Gasteiger partial charge on any atom is -0.417 e. The van der Waals surface area contributed by atoms with E-state index in [-0.39, 0.29) is 41.8 Å². The molecule has 8 heteroatoms. The summed E-state index contributed by atoms with van der Waals surface area (Å²) in [6, 6.07) is 0. The van der Waals surface area contributed by atoms with Crippen LogP contribution in [0.15, 0.2) is 22.8 Å². The molecule has 1 heterocycles. The molecule has 0 aromatic rings. The molecule has 0 aromatic heterocycles. The Labute approximate surface area is 226 Å². The van der Waals surface area contributed by atoms with Crippen molar-refractivity contribution in [3.05, 3.63) is 22.8 Å². The summed E-state index contributed by atoms with van der Waals surface area (Å²) in [5, 5.41) is 10.7. The second-order valence-electron chi connectivity index (χ2n) is 12.4. The molecule has 1 unspecified atom stereocenters. The molecular formula is C29H52O7Si. The first kappa shape index (κ1) is 32.3. The number of Topliss-reactive ketones (excluding diaryl/α,β-unsaturated/α-hetero) is 1. The van der Waals surface area contributed by atoms with Gasteiger partial charge in [0.1, 0.15) is 12.9 Å². The van der Waals surface area contributed by atoms with E-state index >= 15 is 0 Å². The molecule has 0 bridgehead atoms. The van der Waals surface area contributed by atoms with Crippen molar-refractivity contribution in [3.8, 4) is 0 Å². The molecule has 0 radical (unpaired) electrons. The maximum Gasteiger partial charge on any atom is 0.191 e. The number of allylic oxidation sites excluding steroid dienone is 1. The predicted molar refractivity (Wildman–Crippen MR) is 149 cm³/mol. The van der Waals surface area contributed by atoms with E-state index in [4.69, 9.17) is 23.4 Å². The summed E-state index contributed by atoms with van der Waals surface area (Å²) in [7, 11) is -0.202. The normalized spacial score (nSPS) is 25.3. The van der Waals surface area contributed by atoms with Crippen molar-refractivity contribution in [3.63, 3.8) is 0 Å². The van der Waals surface area contributed by atoms with Crippen LogP contribution in [0, 0.1) is 11.3 Å². The van der Waals surface area contributed by atoms with Gasteiger partial charge in [0.05, 0.1) is 19.8 Å². The van der Waals surface area contributed by atoms with Gasteiger partial charge in [0.2, 0.25) is 0 Å². The first-order valence-corrected chi connectivity index (χ1v) is 16.7. The van der Waals surface area contributed by atoms with Crippen molar-refractivity contribution < 1.29 is 33.3 Å². The zero-order valence-corrected chi connectivity index (χ0v) is 25.8. The molecule has 0 amide bonds. The Hall–Kier alpha value is -0.873. The molecule has 1 fully saturated rings. The zero-order valence-electron chi connectivity index (χ0n) is 24.8. The van der Waals surface area contributed by atoms with E-state index in [1.54, 1.807) is 7.11 Å². The number of hydrogen-bond donors (Lipinski definition) is 1. The van der Waals surface area contributed by atoms with Gasteiger partial charge in [0, 0.05) is 25.7 Å². The zero-order chi connectivity index (χ0) is 27.9. The van der Waals surface area contributed by atoms with E-state index in [1.165, 1.54) is 0 Å². The monoisotopic (exact) mass is 540 g/mol. The number of ketones is 1. The topological polar surface area (TPSA) is 83.5 Å². The molecule has 1 saturated heterocycles. The Bertz CT molecular complexity index is 808. The Morgan fingerprint density at radius 1 is 1.27 bits per heavy atom. The number of hydrogen-bond acceptors (Lipinski definition) is 7. The first-order chi connectivity index (χ1) is 17.3. The average molecular weight is 541 g/mol. The number of rotatable bonds is 14. The van der Waals surface area contributed by atoms with E-state index in [2.05, 4.69) is 54.6 Å². The van der Waals surface area contributed by atoms with Gasteiger partial charge in [-0.3, -0.25) is 4.79 Å². The standard InChI is InChI=1S/C29H52O7Si/c1-21(11-10-14-36-37(8,9)28(3,4)5)17-25(35-20-32-7)27-23(19-30)29(6,22(2)18-24(27)31)13-12-26-33-15-16-34-26/h17,22,25-26,30H,10-16,18-20H2,1-9H3/b21-17+/t22-,25?,29+/m1/s1. The molecule has 0 aromatic carbocycles. The molecule has 0 spiro atoms. The number of methoxy groups -OCH3 is 1. The van der Waals surface area contributed by atoms with Gasteiger partial charge in [-0.2, -0.15) is 0 Å². The Kier molecular flexibility index (Phi) is 12.2. The maximum absolute atomic E-state index is 13.4. The van der Waals surface area contributed by atoms with Crippen LogP contribution in [-0.4, -0.2) is 71.9 Å². The van der Waals surface area contributed by atoms with Gasteiger partial charge in [-0.15, -0.1) is 0 Å². The van der Waals surface area contributed by atoms with Crippen LogP contribution in [0.5, 0.6) is 0 Å². The number of aliphatic hydroxyl groups is 1. The van der Waals surface area contributed by atoms with Crippen molar-refractivity contribution in [2.75, 3.05) is 40.3 Å². The lowest BCUT2D eigenvalue weighted by atomic mass is 9.61. The molecule has 1 aliphatic heterocycles. The highest BCUT2D eigenvalue weighted by Crippen LogP contribution is 2.48. The molecule has 1 N–H and O–H groups in total. The molecule has 37 heavy (non-hydrogen) atoms. The third-order valence-electron chi connectivity index (χ3n) is 8.71. The highest BCUT2D eigenvalue weighted by Gasteiger charge is 2.45. The minimum atomic E-state index is -1.78. The van der Waals surface area contributed by atoms with Crippen LogP contribution in [-0.2, 0) is 28.2 Å². The Balaban J connectivity index is 2.24. The summed E-state index contributed by atoms with van der Waals surface area (Å²) in [6.07, 6.45) is 4.89. The molecular weight excluding hydrogens is 488 g/mol. The van der Waals surface area contributed by atoms with Crippen LogP contribution in [0.3, 0.4) is 0 Å². The highest BCUT2D eigenvalue weighted by molar-refractivity contribution is 6.74. The summed E-state index contributed by atoms with van der Waals surface area (Å²) in [6.45, 7) is 19.4. The van der Waals surface area contributed by atoms with Crippen LogP contribution in [0.1, 0.15) is 73.6 Å². The SMILES string of the molecule is COCOC(/C=C(\C)CCCO[Si](C)(C)C(C)(C)C)C1=C(CO)[C@@](C)(CCC2OCCO2)[C@H](C)CC1=O. The van der Waals surface area contributed by atoms with Crippen LogP contribution in [0.25, 0.3) is 0 Å². The summed E-state index contributed by atoms with van der Waals surface area (Å²) in [5.41, 5.74) is 2.11. The third-order valence-corrected chi connectivity index (χ3v) is 13.3. The second kappa shape index (κ2) is 14.0. The van der Waals surface area contributed by atoms with E-state index < -0.39 is 14.4 Å². The van der Waals surface area contributed by atoms with Gasteiger partial charge >= 0.3 is 0 Å². The van der Waals surface area contributed by atoms with Crippen molar-refractivity contribution in [1.29, 1.82) is 0 Å². The Morgan fingerprint density at radius 3 is 2.49 bits per heavy atom. The lowest BCUT2D eigenvalue weighted by Crippen LogP contribution is -2.41. The minimum absolute atomic E-state index is 0.0359. The van der Waals surface area contributed by atoms with E-state index in [0.717, 1.165) is 43.4 Å². The van der Waals surface area contributed by atoms with E-state index in [1.807, 2.05) is 6.08 Å². The fourth-order valence-corrected chi connectivity index (χ4v) is 6.05. The van der Waals surface area contributed by atoms with Crippen molar-refractivity contribution in [2.24, 2.45) is 11.3 Å². The second-order valence-corrected chi connectivity index (χ2v) is 17.2. The summed E-state index contributed by atoms with van der Waals surface area (Å²) >= 11 is 0. The average Bonchev–Trinajstić information content (AvgIpc) is 3.34. The van der Waals surface area contributed by atoms with Gasteiger partial charge < -0.3 is 28.5 Å². The number of ether oxygens (including phenoxy) is 4. The lowest BCUT2D eigenvalue weighted by molar-refractivity contribution is -0.121. The lowest BCUT2D eigenvalue weighted by Gasteiger charge is -2.43. The third kappa shape index (κ3) is 8.55. The molecule has 3 atom stereocenters. The van der Waals surface area contributed by atoms with Crippen LogP contribution >= 0.6 is 0 Å². The fourth-order valence-electron chi connectivity index (χ4n) is 4.96. The van der Waals surface area contributed by atoms with Gasteiger partial charge in [-0.1, -0.05) is 46.3 Å². The number of carbonyl (C=O) groups excluding carboxylic acids is 1. The largest absolute Gasteiger partial charge is 0.417 e. The van der Waals surface area contributed by atoms with Gasteiger partial charge in [-0.05, 0) is 67.6 Å². The van der Waals surface area contributed by atoms with Crippen molar-refractivity contribution in [2.45, 2.75) is 104 Å². The summed E-state index contributed by atoms with van der Waals surface area (Å²) in [5.74, 6) is 0.127. The quantitative estimate of drug-likeness (QED) is 0.129. The van der Waals surface area contributed by atoms with Gasteiger partial charge in [-0.25, -0.2) is 0 Å². The van der Waals surface area contributed by atoms with Crippen molar-refractivity contribution in [1.82, 2.24) is 0 Å². The van der Waals surface area contributed by atoms with Crippen molar-refractivity contribution >= 4 is 14.1 Å². The molecule has 7 nitrogen and oxygen atoms in total. The van der Waals surface area contributed by atoms with Crippen LogP contribution in [0.4, 0.5) is 0 Å². The summed E-state index contributed by atoms with van der Waals surface area (Å²) in [4.78, 5) is 13.4. The van der Waals surface area contributed by atoms with E-state index in [9.17, 15) is 9.90 Å². The molecule has 214 valence electrons. The smallest absolute Gasteiger partial charge is 0.191 e. The van der Waals surface area contributed by atoms with E-state index in [0.29, 0.717) is 25.2 Å². The van der Waals surface area contributed by atoms with Crippen LogP contribution < -0.4 is 0 Å². The predicted octanol–water partition coefficient (Wildman–Crippen LogP) is 5.78. The maximum atomic E-state index is 13.4. The highest BCUT2D eigenvalue weighted by atomic mass is 28.4. The molecule has 2 aliphatic rings. The van der Waals surface area contributed by atoms with Gasteiger partial charge in [0.25, 0.3) is 0 Å². The summed E-state index contributed by atoms with van der Waals surface area (Å²) < 4.78 is 28.9. The number of carbonyl (C=O) groups is 1.